The van der Waals surface area contributed by atoms with Gasteiger partial charge in [0.05, 0.1) is 11.1 Å². The molecule has 1 heterocycles. The zero-order valence-corrected chi connectivity index (χ0v) is 16.9. The quantitative estimate of drug-likeness (QED) is 0.402. The van der Waals surface area contributed by atoms with Crippen molar-refractivity contribution in [2.45, 2.75) is 32.6 Å². The Labute approximate surface area is 170 Å². The number of non-ortho nitro benzene ring substituents is 1. The van der Waals surface area contributed by atoms with E-state index in [2.05, 4.69) is 33.4 Å². The first-order chi connectivity index (χ1) is 13.4. The van der Waals surface area contributed by atoms with Gasteiger partial charge in [0, 0.05) is 28.1 Å². The zero-order chi connectivity index (χ0) is 19.9. The maximum Gasteiger partial charge on any atom is 0.270 e. The lowest BCUT2D eigenvalue weighted by molar-refractivity contribution is -0.384. The van der Waals surface area contributed by atoms with E-state index in [1.807, 2.05) is 0 Å². The van der Waals surface area contributed by atoms with Gasteiger partial charge in [0.25, 0.3) is 5.69 Å². The van der Waals surface area contributed by atoms with E-state index in [1.54, 1.807) is 18.2 Å². The largest absolute Gasteiger partial charge is 0.455 e. The molecule has 0 saturated heterocycles. The molecule has 7 nitrogen and oxygen atoms in total. The summed E-state index contributed by atoms with van der Waals surface area (Å²) in [5.41, 5.74) is 3.49. The van der Waals surface area contributed by atoms with E-state index < -0.39 is 4.92 Å². The summed E-state index contributed by atoms with van der Waals surface area (Å²) in [6, 6.07) is 7.97. The molecule has 2 aromatic rings. The molecule has 28 heavy (non-hydrogen) atoms. The number of nitro groups is 1. The second kappa shape index (κ2) is 7.16. The van der Waals surface area contributed by atoms with Gasteiger partial charge in [-0.05, 0) is 58.3 Å². The lowest BCUT2D eigenvalue weighted by Gasteiger charge is -2.15. The standard InChI is InChI=1S/C20H20BrN3O4/c1-20-9-3-2-4-15(20)18(20)19(25)23-22-11-13-6-8-17(28-13)14-7-5-12(24(26)27)10-16(14)21/h5-8,10-11,15,18H,2-4,9H2,1H3,(H,23,25)/b22-11-/t15-,18-,20-/m1/s1. The van der Waals surface area contributed by atoms with Crippen LogP contribution in [0.2, 0.25) is 0 Å². The van der Waals surface area contributed by atoms with Crippen molar-refractivity contribution in [2.75, 3.05) is 0 Å². The Bertz CT molecular complexity index is 970. The van der Waals surface area contributed by atoms with Gasteiger partial charge in [-0.2, -0.15) is 5.10 Å². The van der Waals surface area contributed by atoms with Crippen molar-refractivity contribution in [1.82, 2.24) is 5.43 Å². The summed E-state index contributed by atoms with van der Waals surface area (Å²) in [4.78, 5) is 22.8. The van der Waals surface area contributed by atoms with Crippen LogP contribution < -0.4 is 5.43 Å². The Kier molecular flexibility index (Phi) is 4.82. The van der Waals surface area contributed by atoms with Crippen molar-refractivity contribution in [3.8, 4) is 11.3 Å². The number of hydrazone groups is 1. The molecule has 0 bridgehead atoms. The van der Waals surface area contributed by atoms with Gasteiger partial charge in [-0.1, -0.05) is 19.8 Å². The predicted octanol–water partition coefficient (Wildman–Crippen LogP) is 4.89. The summed E-state index contributed by atoms with van der Waals surface area (Å²) < 4.78 is 6.29. The monoisotopic (exact) mass is 445 g/mol. The highest BCUT2D eigenvalue weighted by molar-refractivity contribution is 9.10. The number of rotatable bonds is 5. The average Bonchev–Trinajstić information content (AvgIpc) is 3.03. The molecule has 2 saturated carbocycles. The van der Waals surface area contributed by atoms with Crippen LogP contribution in [-0.4, -0.2) is 17.0 Å². The van der Waals surface area contributed by atoms with Crippen LogP contribution in [0.25, 0.3) is 11.3 Å². The molecule has 8 heteroatoms. The molecule has 0 spiro atoms. The number of carbonyl (C=O) groups is 1. The Hall–Kier alpha value is -2.48. The molecule has 1 aromatic heterocycles. The van der Waals surface area contributed by atoms with E-state index in [0.29, 0.717) is 27.5 Å². The van der Waals surface area contributed by atoms with Gasteiger partial charge in [-0.25, -0.2) is 5.43 Å². The number of hydrogen-bond acceptors (Lipinski definition) is 5. The number of benzene rings is 1. The van der Waals surface area contributed by atoms with Crippen LogP contribution in [0.4, 0.5) is 5.69 Å². The predicted molar refractivity (Wildman–Crippen MR) is 108 cm³/mol. The van der Waals surface area contributed by atoms with E-state index in [4.69, 9.17) is 4.42 Å². The Balaban J connectivity index is 1.40. The number of nitrogens with zero attached hydrogens (tertiary/aromatic N) is 2. The molecule has 4 rings (SSSR count). The molecule has 0 aliphatic heterocycles. The van der Waals surface area contributed by atoms with Gasteiger partial charge in [0.2, 0.25) is 5.91 Å². The Morgan fingerprint density at radius 2 is 2.21 bits per heavy atom. The highest BCUT2D eigenvalue weighted by atomic mass is 79.9. The molecular weight excluding hydrogens is 426 g/mol. The van der Waals surface area contributed by atoms with Crippen molar-refractivity contribution >= 4 is 33.7 Å². The van der Waals surface area contributed by atoms with Gasteiger partial charge < -0.3 is 4.42 Å². The lowest BCUT2D eigenvalue weighted by atomic mass is 9.90. The molecule has 2 fully saturated rings. The zero-order valence-electron chi connectivity index (χ0n) is 15.4. The number of nitrogens with one attached hydrogen (secondary N) is 1. The van der Waals surface area contributed by atoms with Crippen LogP contribution in [0.5, 0.6) is 0 Å². The normalized spacial score (nSPS) is 26.1. The molecular formula is C20H20BrN3O4. The third-order valence-electron chi connectivity index (χ3n) is 6.04. The summed E-state index contributed by atoms with van der Waals surface area (Å²) in [6.45, 7) is 2.20. The number of hydrogen-bond donors (Lipinski definition) is 1. The van der Waals surface area contributed by atoms with E-state index >= 15 is 0 Å². The van der Waals surface area contributed by atoms with Crippen molar-refractivity contribution in [1.29, 1.82) is 0 Å². The molecule has 2 aliphatic carbocycles. The molecule has 146 valence electrons. The highest BCUT2D eigenvalue weighted by Crippen LogP contribution is 2.66. The Morgan fingerprint density at radius 3 is 2.89 bits per heavy atom. The van der Waals surface area contributed by atoms with E-state index in [0.717, 1.165) is 12.8 Å². The minimum absolute atomic E-state index is 0.000943. The SMILES string of the molecule is C[C@@]12CCCC[C@@H]1[C@@H]2C(=O)N/N=C\c1ccc(-c2ccc([N+](=O)[O-])cc2Br)o1. The topological polar surface area (TPSA) is 97.7 Å². The van der Waals surface area contributed by atoms with Crippen LogP contribution in [0.15, 0.2) is 44.3 Å². The summed E-state index contributed by atoms with van der Waals surface area (Å²) in [5.74, 6) is 1.58. The van der Waals surface area contributed by atoms with Crippen molar-refractivity contribution in [2.24, 2.45) is 22.4 Å². The molecule has 0 unspecified atom stereocenters. The van der Waals surface area contributed by atoms with Crippen LogP contribution in [0.1, 0.15) is 38.4 Å². The van der Waals surface area contributed by atoms with Gasteiger partial charge in [-0.3, -0.25) is 14.9 Å². The van der Waals surface area contributed by atoms with Gasteiger partial charge in [0.1, 0.15) is 11.5 Å². The molecule has 1 amide bonds. The van der Waals surface area contributed by atoms with Crippen LogP contribution in [-0.2, 0) is 4.79 Å². The van der Waals surface area contributed by atoms with Gasteiger partial charge in [0.15, 0.2) is 0 Å². The van der Waals surface area contributed by atoms with E-state index in [9.17, 15) is 14.9 Å². The number of fused-ring (bicyclic) bond motifs is 1. The second-order valence-corrected chi connectivity index (χ2v) is 8.55. The van der Waals surface area contributed by atoms with Crippen molar-refractivity contribution < 1.29 is 14.1 Å². The number of halogens is 1. The molecule has 2 aliphatic rings. The first kappa shape index (κ1) is 18.9. The second-order valence-electron chi connectivity index (χ2n) is 7.69. The molecule has 1 aromatic carbocycles. The molecule has 3 atom stereocenters. The minimum atomic E-state index is -0.451. The van der Waals surface area contributed by atoms with Crippen LogP contribution in [0, 0.1) is 27.4 Å². The summed E-state index contributed by atoms with van der Waals surface area (Å²) in [6.07, 6.45) is 6.12. The van der Waals surface area contributed by atoms with Crippen LogP contribution >= 0.6 is 15.9 Å². The fraction of sp³-hybridized carbons (Fsp3) is 0.400. The molecule has 1 N–H and O–H groups in total. The maximum absolute atomic E-state index is 12.4. The van der Waals surface area contributed by atoms with Gasteiger partial charge in [-0.15, -0.1) is 0 Å². The van der Waals surface area contributed by atoms with Gasteiger partial charge >= 0.3 is 0 Å². The number of carbonyl (C=O) groups excluding carboxylic acids is 1. The summed E-state index contributed by atoms with van der Waals surface area (Å²) >= 11 is 3.34. The van der Waals surface area contributed by atoms with Crippen LogP contribution in [0.3, 0.4) is 0 Å². The van der Waals surface area contributed by atoms with Crippen molar-refractivity contribution in [3.05, 3.63) is 50.7 Å². The third kappa shape index (κ3) is 3.37. The number of furan rings is 1. The first-order valence-electron chi connectivity index (χ1n) is 9.27. The smallest absolute Gasteiger partial charge is 0.270 e. The lowest BCUT2D eigenvalue weighted by Crippen LogP contribution is -2.22. The third-order valence-corrected chi connectivity index (χ3v) is 6.69. The number of nitro benzene ring substituents is 1. The summed E-state index contributed by atoms with van der Waals surface area (Å²) in [5, 5.41) is 14.9. The molecule has 0 radical (unpaired) electrons. The number of amides is 1. The van der Waals surface area contributed by atoms with Crippen molar-refractivity contribution in [3.63, 3.8) is 0 Å². The first-order valence-corrected chi connectivity index (χ1v) is 10.1. The fourth-order valence-corrected chi connectivity index (χ4v) is 5.03. The highest BCUT2D eigenvalue weighted by Gasteiger charge is 2.64. The fourth-order valence-electron chi connectivity index (χ4n) is 4.46. The van der Waals surface area contributed by atoms with E-state index in [-0.39, 0.29) is 22.9 Å². The average molecular weight is 446 g/mol. The minimum Gasteiger partial charge on any atom is -0.455 e. The van der Waals surface area contributed by atoms with E-state index in [1.165, 1.54) is 31.2 Å². The summed E-state index contributed by atoms with van der Waals surface area (Å²) in [7, 11) is 0. The maximum atomic E-state index is 12.4. The Morgan fingerprint density at radius 1 is 1.39 bits per heavy atom.